The van der Waals surface area contributed by atoms with Gasteiger partial charge in [0, 0.05) is 12.4 Å². The van der Waals surface area contributed by atoms with Gasteiger partial charge in [-0.25, -0.2) is 9.78 Å². The van der Waals surface area contributed by atoms with Crippen molar-refractivity contribution in [3.63, 3.8) is 0 Å². The lowest BCUT2D eigenvalue weighted by Gasteiger charge is -2.06. The Morgan fingerprint density at radius 1 is 1.47 bits per heavy atom. The normalized spacial score (nSPS) is 12.7. The Kier molecular flexibility index (Phi) is 2.56. The van der Waals surface area contributed by atoms with E-state index in [1.807, 2.05) is 19.2 Å². The van der Waals surface area contributed by atoms with Crippen LogP contribution in [-0.4, -0.2) is 25.8 Å². The number of oxazole rings is 1. The average Bonchev–Trinajstić information content (AvgIpc) is 3.06. The van der Waals surface area contributed by atoms with Gasteiger partial charge >= 0.3 is 5.97 Å². The lowest BCUT2D eigenvalue weighted by Crippen LogP contribution is -2.07. The highest BCUT2D eigenvalue weighted by Gasteiger charge is 2.16. The van der Waals surface area contributed by atoms with Crippen LogP contribution in [-0.2, 0) is 0 Å². The fraction of sp³-hybridized carbons (Fsp3) is 0.154. The van der Waals surface area contributed by atoms with Crippen LogP contribution in [0.2, 0.25) is 0 Å². The van der Waals surface area contributed by atoms with E-state index in [-0.39, 0.29) is 11.6 Å². The average molecular weight is 257 g/mol. The van der Waals surface area contributed by atoms with E-state index in [0.717, 1.165) is 0 Å². The zero-order chi connectivity index (χ0) is 13.4. The molecule has 0 saturated carbocycles. The minimum Gasteiger partial charge on any atom is -0.478 e. The van der Waals surface area contributed by atoms with Crippen LogP contribution in [0.1, 0.15) is 29.2 Å². The van der Waals surface area contributed by atoms with Crippen LogP contribution in [0.5, 0.6) is 0 Å². The summed E-state index contributed by atoms with van der Waals surface area (Å²) >= 11 is 0. The van der Waals surface area contributed by atoms with Crippen LogP contribution >= 0.6 is 0 Å². The highest BCUT2D eigenvalue weighted by Crippen LogP contribution is 2.23. The third-order valence-corrected chi connectivity index (χ3v) is 2.93. The van der Waals surface area contributed by atoms with E-state index in [1.54, 1.807) is 16.9 Å². The Hall–Kier alpha value is -2.63. The van der Waals surface area contributed by atoms with Gasteiger partial charge in [-0.15, -0.1) is 0 Å². The Bertz CT molecular complexity index is 731. The fourth-order valence-corrected chi connectivity index (χ4v) is 1.88. The molecule has 0 bridgehead atoms. The number of carboxylic acid groups (broad SMARTS) is 1. The maximum absolute atomic E-state index is 10.9. The summed E-state index contributed by atoms with van der Waals surface area (Å²) in [7, 11) is 0. The third kappa shape index (κ3) is 1.97. The van der Waals surface area contributed by atoms with Crippen molar-refractivity contribution in [1.82, 2.24) is 14.8 Å². The Balaban J connectivity index is 2.04. The molecule has 19 heavy (non-hydrogen) atoms. The zero-order valence-electron chi connectivity index (χ0n) is 10.1. The van der Waals surface area contributed by atoms with Crippen LogP contribution in [0.3, 0.4) is 0 Å². The standard InChI is InChI=1S/C13H11N3O3/c1-8(16-6-2-5-14-16)12-15-10-4-3-9(13(17)18)7-11(10)19-12/h2-8H,1H3,(H,17,18). The molecule has 1 atom stereocenters. The van der Waals surface area contributed by atoms with Crippen LogP contribution in [0.25, 0.3) is 11.1 Å². The first-order valence-electron chi connectivity index (χ1n) is 5.78. The number of carbonyl (C=O) groups is 1. The first-order chi connectivity index (χ1) is 9.15. The van der Waals surface area contributed by atoms with Gasteiger partial charge in [-0.3, -0.25) is 4.68 Å². The maximum Gasteiger partial charge on any atom is 0.335 e. The van der Waals surface area contributed by atoms with Crippen molar-refractivity contribution in [2.24, 2.45) is 0 Å². The van der Waals surface area contributed by atoms with E-state index < -0.39 is 5.97 Å². The number of benzene rings is 1. The molecule has 0 saturated heterocycles. The Morgan fingerprint density at radius 2 is 2.32 bits per heavy atom. The Labute approximate surface area is 108 Å². The van der Waals surface area contributed by atoms with Gasteiger partial charge in [0.2, 0.25) is 5.89 Å². The van der Waals surface area contributed by atoms with Crippen molar-refractivity contribution in [2.45, 2.75) is 13.0 Å². The first kappa shape index (κ1) is 11.5. The number of hydrogen-bond donors (Lipinski definition) is 1. The van der Waals surface area contributed by atoms with Crippen molar-refractivity contribution >= 4 is 17.1 Å². The number of hydrogen-bond acceptors (Lipinski definition) is 4. The molecule has 0 radical (unpaired) electrons. The molecule has 0 aliphatic rings. The molecule has 0 amide bonds. The van der Waals surface area contributed by atoms with E-state index >= 15 is 0 Å². The molecule has 0 aliphatic carbocycles. The van der Waals surface area contributed by atoms with E-state index in [0.29, 0.717) is 17.0 Å². The maximum atomic E-state index is 10.9. The SMILES string of the molecule is CC(c1nc2ccc(C(=O)O)cc2o1)n1cccn1. The smallest absolute Gasteiger partial charge is 0.335 e. The highest BCUT2D eigenvalue weighted by molar-refractivity contribution is 5.91. The lowest BCUT2D eigenvalue weighted by molar-refractivity contribution is 0.0697. The van der Waals surface area contributed by atoms with Crippen molar-refractivity contribution in [3.8, 4) is 0 Å². The molecule has 6 heteroatoms. The summed E-state index contributed by atoms with van der Waals surface area (Å²) in [6.45, 7) is 1.91. The summed E-state index contributed by atoms with van der Waals surface area (Å²) in [4.78, 5) is 15.2. The number of aromatic nitrogens is 3. The van der Waals surface area contributed by atoms with Crippen LogP contribution in [0, 0.1) is 0 Å². The summed E-state index contributed by atoms with van der Waals surface area (Å²) in [5, 5.41) is 13.1. The summed E-state index contributed by atoms with van der Waals surface area (Å²) < 4.78 is 7.33. The summed E-state index contributed by atoms with van der Waals surface area (Å²) in [6, 6.07) is 6.30. The van der Waals surface area contributed by atoms with Crippen molar-refractivity contribution in [1.29, 1.82) is 0 Å². The van der Waals surface area contributed by atoms with E-state index in [4.69, 9.17) is 9.52 Å². The minimum atomic E-state index is -0.986. The molecule has 3 rings (SSSR count). The zero-order valence-corrected chi connectivity index (χ0v) is 10.1. The molecular weight excluding hydrogens is 246 g/mol. The van der Waals surface area contributed by atoms with Gasteiger partial charge in [0.25, 0.3) is 0 Å². The molecule has 2 aromatic heterocycles. The summed E-state index contributed by atoms with van der Waals surface area (Å²) in [5.41, 5.74) is 1.29. The van der Waals surface area contributed by atoms with E-state index in [2.05, 4.69) is 10.1 Å². The van der Waals surface area contributed by atoms with Crippen molar-refractivity contribution < 1.29 is 14.3 Å². The number of fused-ring (bicyclic) bond motifs is 1. The van der Waals surface area contributed by atoms with E-state index in [1.165, 1.54) is 12.1 Å². The molecule has 6 nitrogen and oxygen atoms in total. The molecular formula is C13H11N3O3. The largest absolute Gasteiger partial charge is 0.478 e. The van der Waals surface area contributed by atoms with Crippen LogP contribution in [0.4, 0.5) is 0 Å². The fourth-order valence-electron chi connectivity index (χ4n) is 1.88. The molecule has 1 aromatic carbocycles. The molecule has 2 heterocycles. The first-order valence-corrected chi connectivity index (χ1v) is 5.78. The van der Waals surface area contributed by atoms with Gasteiger partial charge in [0.05, 0.1) is 5.56 Å². The summed E-state index contributed by atoms with van der Waals surface area (Å²) in [6.07, 6.45) is 3.50. The second-order valence-electron chi connectivity index (χ2n) is 4.20. The molecule has 3 aromatic rings. The van der Waals surface area contributed by atoms with Gasteiger partial charge in [-0.2, -0.15) is 5.10 Å². The number of rotatable bonds is 3. The number of aromatic carboxylic acids is 1. The molecule has 1 unspecified atom stereocenters. The van der Waals surface area contributed by atoms with Gasteiger partial charge in [0.15, 0.2) is 5.58 Å². The number of nitrogens with zero attached hydrogens (tertiary/aromatic N) is 3. The molecule has 0 fully saturated rings. The van der Waals surface area contributed by atoms with Crippen LogP contribution < -0.4 is 0 Å². The monoisotopic (exact) mass is 257 g/mol. The molecule has 0 aliphatic heterocycles. The quantitative estimate of drug-likeness (QED) is 0.778. The van der Waals surface area contributed by atoms with Crippen LogP contribution in [0.15, 0.2) is 41.1 Å². The van der Waals surface area contributed by atoms with Gasteiger partial charge in [-0.05, 0) is 31.2 Å². The second kappa shape index (κ2) is 4.24. The van der Waals surface area contributed by atoms with Crippen molar-refractivity contribution in [2.75, 3.05) is 0 Å². The highest BCUT2D eigenvalue weighted by atomic mass is 16.4. The van der Waals surface area contributed by atoms with Gasteiger partial charge in [-0.1, -0.05) is 0 Å². The summed E-state index contributed by atoms with van der Waals surface area (Å²) in [5.74, 6) is -0.485. The molecule has 1 N–H and O–H groups in total. The molecule has 0 spiro atoms. The third-order valence-electron chi connectivity index (χ3n) is 2.93. The lowest BCUT2D eigenvalue weighted by atomic mass is 10.2. The van der Waals surface area contributed by atoms with E-state index in [9.17, 15) is 4.79 Å². The predicted molar refractivity (Wildman–Crippen MR) is 67.0 cm³/mol. The predicted octanol–water partition coefficient (Wildman–Crippen LogP) is 2.33. The topological polar surface area (TPSA) is 81.1 Å². The van der Waals surface area contributed by atoms with Gasteiger partial charge in [0.1, 0.15) is 11.6 Å². The number of carboxylic acids is 1. The minimum absolute atomic E-state index is 0.143. The van der Waals surface area contributed by atoms with Crippen molar-refractivity contribution in [3.05, 3.63) is 48.1 Å². The molecule has 96 valence electrons. The van der Waals surface area contributed by atoms with Gasteiger partial charge < -0.3 is 9.52 Å². The Morgan fingerprint density at radius 3 is 3.00 bits per heavy atom. The second-order valence-corrected chi connectivity index (χ2v) is 4.20.